The van der Waals surface area contributed by atoms with E-state index in [2.05, 4.69) is 4.90 Å². The van der Waals surface area contributed by atoms with Crippen LogP contribution >= 0.6 is 0 Å². The smallest absolute Gasteiger partial charge is 0.0667 e. The van der Waals surface area contributed by atoms with E-state index in [4.69, 9.17) is 5.73 Å². The van der Waals surface area contributed by atoms with Gasteiger partial charge < -0.3 is 10.8 Å². The van der Waals surface area contributed by atoms with Crippen LogP contribution in [0.3, 0.4) is 0 Å². The standard InChI is InChI=1S/C9H20N2O/c1-8(12)9-4-2-6-11(9)7-3-5-10/h8-9,12H,2-7,10H2,1H3. The monoisotopic (exact) mass is 172 g/mol. The van der Waals surface area contributed by atoms with Crippen molar-refractivity contribution < 1.29 is 5.11 Å². The maximum atomic E-state index is 9.45. The topological polar surface area (TPSA) is 49.5 Å². The summed E-state index contributed by atoms with van der Waals surface area (Å²) in [5.74, 6) is 0. The lowest BCUT2D eigenvalue weighted by Crippen LogP contribution is -2.38. The fourth-order valence-corrected chi connectivity index (χ4v) is 1.97. The highest BCUT2D eigenvalue weighted by molar-refractivity contribution is 4.82. The highest BCUT2D eigenvalue weighted by atomic mass is 16.3. The molecule has 2 atom stereocenters. The third-order valence-corrected chi connectivity index (χ3v) is 2.62. The van der Waals surface area contributed by atoms with Crippen LogP contribution < -0.4 is 5.73 Å². The lowest BCUT2D eigenvalue weighted by atomic mass is 10.1. The van der Waals surface area contributed by atoms with Gasteiger partial charge in [-0.25, -0.2) is 0 Å². The quantitative estimate of drug-likeness (QED) is 0.636. The first-order valence-corrected chi connectivity index (χ1v) is 4.88. The third-order valence-electron chi connectivity index (χ3n) is 2.62. The molecule has 1 aliphatic rings. The summed E-state index contributed by atoms with van der Waals surface area (Å²) in [7, 11) is 0. The molecule has 0 saturated carbocycles. The summed E-state index contributed by atoms with van der Waals surface area (Å²) in [5, 5.41) is 9.45. The Labute approximate surface area is 74.5 Å². The SMILES string of the molecule is CC(O)C1CCCN1CCCN. The van der Waals surface area contributed by atoms with E-state index in [1.165, 1.54) is 6.42 Å². The van der Waals surface area contributed by atoms with Gasteiger partial charge in [-0.05, 0) is 45.8 Å². The van der Waals surface area contributed by atoms with Crippen molar-refractivity contribution in [3.05, 3.63) is 0 Å². The predicted molar refractivity (Wildman–Crippen MR) is 49.9 cm³/mol. The van der Waals surface area contributed by atoms with Crippen LogP contribution in [0.5, 0.6) is 0 Å². The Morgan fingerprint density at radius 2 is 2.42 bits per heavy atom. The van der Waals surface area contributed by atoms with Crippen molar-refractivity contribution >= 4 is 0 Å². The summed E-state index contributed by atoms with van der Waals surface area (Å²) in [5.41, 5.74) is 5.44. The molecule has 1 heterocycles. The Morgan fingerprint density at radius 1 is 1.67 bits per heavy atom. The Balaban J connectivity index is 2.30. The first-order chi connectivity index (χ1) is 5.75. The Bertz CT molecular complexity index is 128. The molecule has 3 nitrogen and oxygen atoms in total. The molecule has 0 aromatic rings. The normalized spacial score (nSPS) is 27.8. The second-order valence-electron chi connectivity index (χ2n) is 3.63. The summed E-state index contributed by atoms with van der Waals surface area (Å²) >= 11 is 0. The molecular formula is C9H20N2O. The molecule has 0 radical (unpaired) electrons. The molecule has 3 heteroatoms. The molecule has 0 bridgehead atoms. The number of nitrogens with zero attached hydrogens (tertiary/aromatic N) is 1. The van der Waals surface area contributed by atoms with Gasteiger partial charge in [0, 0.05) is 6.04 Å². The Morgan fingerprint density at radius 3 is 3.00 bits per heavy atom. The molecule has 0 aliphatic carbocycles. The zero-order valence-electron chi connectivity index (χ0n) is 7.87. The van der Waals surface area contributed by atoms with Gasteiger partial charge in [0.25, 0.3) is 0 Å². The van der Waals surface area contributed by atoms with Gasteiger partial charge >= 0.3 is 0 Å². The van der Waals surface area contributed by atoms with Gasteiger partial charge in [0.15, 0.2) is 0 Å². The molecule has 3 N–H and O–H groups in total. The number of aliphatic hydroxyl groups is 1. The van der Waals surface area contributed by atoms with Crippen LogP contribution in [0.25, 0.3) is 0 Å². The van der Waals surface area contributed by atoms with Crippen molar-refractivity contribution in [1.82, 2.24) is 4.90 Å². The molecule has 12 heavy (non-hydrogen) atoms. The molecule has 72 valence electrons. The Hall–Kier alpha value is -0.120. The summed E-state index contributed by atoms with van der Waals surface area (Å²) in [6, 6.07) is 0.386. The number of nitrogens with two attached hydrogens (primary N) is 1. The van der Waals surface area contributed by atoms with Crippen LogP contribution in [-0.4, -0.2) is 41.8 Å². The average molecular weight is 172 g/mol. The summed E-state index contributed by atoms with van der Waals surface area (Å²) in [6.45, 7) is 4.82. The molecular weight excluding hydrogens is 152 g/mol. The van der Waals surface area contributed by atoms with Crippen LogP contribution in [0.15, 0.2) is 0 Å². The third kappa shape index (κ3) is 2.44. The van der Waals surface area contributed by atoms with Gasteiger partial charge in [0.05, 0.1) is 6.10 Å². The van der Waals surface area contributed by atoms with E-state index in [0.29, 0.717) is 6.04 Å². The van der Waals surface area contributed by atoms with Crippen LogP contribution in [0.1, 0.15) is 26.2 Å². The number of aliphatic hydroxyl groups excluding tert-OH is 1. The van der Waals surface area contributed by atoms with E-state index in [0.717, 1.165) is 32.5 Å². The lowest BCUT2D eigenvalue weighted by Gasteiger charge is -2.26. The van der Waals surface area contributed by atoms with Gasteiger partial charge in [0.2, 0.25) is 0 Å². The maximum absolute atomic E-state index is 9.45. The zero-order valence-corrected chi connectivity index (χ0v) is 7.87. The minimum Gasteiger partial charge on any atom is -0.392 e. The molecule has 1 saturated heterocycles. The van der Waals surface area contributed by atoms with Gasteiger partial charge in [-0.2, -0.15) is 0 Å². The highest BCUT2D eigenvalue weighted by Gasteiger charge is 2.27. The maximum Gasteiger partial charge on any atom is 0.0667 e. The van der Waals surface area contributed by atoms with Crippen molar-refractivity contribution in [2.24, 2.45) is 5.73 Å². The van der Waals surface area contributed by atoms with Gasteiger partial charge in [0.1, 0.15) is 0 Å². The van der Waals surface area contributed by atoms with Crippen molar-refractivity contribution in [2.45, 2.75) is 38.3 Å². The zero-order chi connectivity index (χ0) is 8.97. The summed E-state index contributed by atoms with van der Waals surface area (Å²) in [6.07, 6.45) is 3.22. The molecule has 0 amide bonds. The Kier molecular flexibility index (Phi) is 3.98. The van der Waals surface area contributed by atoms with E-state index in [1.54, 1.807) is 0 Å². The minimum atomic E-state index is -0.190. The van der Waals surface area contributed by atoms with Gasteiger partial charge in [-0.15, -0.1) is 0 Å². The van der Waals surface area contributed by atoms with Crippen molar-refractivity contribution in [3.63, 3.8) is 0 Å². The van der Waals surface area contributed by atoms with Crippen molar-refractivity contribution in [1.29, 1.82) is 0 Å². The molecule has 0 spiro atoms. The van der Waals surface area contributed by atoms with E-state index >= 15 is 0 Å². The molecule has 1 rings (SSSR count). The number of rotatable bonds is 4. The largest absolute Gasteiger partial charge is 0.392 e. The molecule has 0 aromatic carbocycles. The van der Waals surface area contributed by atoms with Crippen LogP contribution in [-0.2, 0) is 0 Å². The number of hydrogen-bond donors (Lipinski definition) is 2. The second kappa shape index (κ2) is 4.80. The number of hydrogen-bond acceptors (Lipinski definition) is 3. The van der Waals surface area contributed by atoms with Crippen molar-refractivity contribution in [2.75, 3.05) is 19.6 Å². The second-order valence-corrected chi connectivity index (χ2v) is 3.63. The van der Waals surface area contributed by atoms with E-state index < -0.39 is 0 Å². The van der Waals surface area contributed by atoms with Gasteiger partial charge in [-0.3, -0.25) is 4.90 Å². The minimum absolute atomic E-state index is 0.190. The predicted octanol–water partition coefficient (Wildman–Crippen LogP) is 0.180. The first kappa shape index (κ1) is 9.96. The van der Waals surface area contributed by atoms with Crippen LogP contribution in [0.4, 0.5) is 0 Å². The molecule has 1 fully saturated rings. The fourth-order valence-electron chi connectivity index (χ4n) is 1.97. The van der Waals surface area contributed by atoms with Crippen LogP contribution in [0.2, 0.25) is 0 Å². The van der Waals surface area contributed by atoms with E-state index in [1.807, 2.05) is 6.92 Å². The van der Waals surface area contributed by atoms with Crippen LogP contribution in [0, 0.1) is 0 Å². The molecule has 1 aliphatic heterocycles. The first-order valence-electron chi connectivity index (χ1n) is 4.88. The van der Waals surface area contributed by atoms with E-state index in [9.17, 15) is 5.11 Å². The van der Waals surface area contributed by atoms with Crippen molar-refractivity contribution in [3.8, 4) is 0 Å². The lowest BCUT2D eigenvalue weighted by molar-refractivity contribution is 0.0864. The fraction of sp³-hybridized carbons (Fsp3) is 1.00. The van der Waals surface area contributed by atoms with E-state index in [-0.39, 0.29) is 6.10 Å². The molecule has 0 aromatic heterocycles. The van der Waals surface area contributed by atoms with Gasteiger partial charge in [-0.1, -0.05) is 0 Å². The average Bonchev–Trinajstić information content (AvgIpc) is 2.48. The molecule has 2 unspecified atom stereocenters. The highest BCUT2D eigenvalue weighted by Crippen LogP contribution is 2.19. The summed E-state index contributed by atoms with van der Waals surface area (Å²) < 4.78 is 0. The summed E-state index contributed by atoms with van der Waals surface area (Å²) in [4.78, 5) is 2.36. The number of likely N-dealkylation sites (tertiary alicyclic amines) is 1.